The van der Waals surface area contributed by atoms with Gasteiger partial charge in [0.05, 0.1) is 15.2 Å². The lowest BCUT2D eigenvalue weighted by molar-refractivity contribution is -0.128. The van der Waals surface area contributed by atoms with Crippen molar-refractivity contribution in [2.45, 2.75) is 51.4 Å². The Morgan fingerprint density at radius 2 is 1.66 bits per heavy atom. The maximum absolute atomic E-state index is 13.3. The monoisotopic (exact) mass is 453 g/mol. The second-order valence-corrected chi connectivity index (χ2v) is 14.7. The predicted octanol–water partition coefficient (Wildman–Crippen LogP) is 4.03. The largest absolute Gasteiger partial charge is 0.497 e. The molecule has 5 nitrogen and oxygen atoms in total. The molecule has 3 rings (SSSR count). The summed E-state index contributed by atoms with van der Waals surface area (Å²) in [6.07, 6.45) is 2.48. The number of ketones is 1. The Bertz CT molecular complexity index is 897. The fourth-order valence-electron chi connectivity index (χ4n) is 4.00. The van der Waals surface area contributed by atoms with Crippen LogP contribution in [0.1, 0.15) is 36.4 Å². The van der Waals surface area contributed by atoms with Gasteiger partial charge in [-0.2, -0.15) is 0 Å². The van der Waals surface area contributed by atoms with Gasteiger partial charge in [0.15, 0.2) is 5.78 Å². The molecule has 6 heteroatoms. The normalized spacial score (nSPS) is 15.8. The van der Waals surface area contributed by atoms with Crippen molar-refractivity contribution in [3.63, 3.8) is 0 Å². The van der Waals surface area contributed by atoms with Crippen LogP contribution < -0.4 is 15.2 Å². The maximum Gasteiger partial charge on any atom is 0.221 e. The average molecular weight is 454 g/mol. The number of rotatable bonds is 9. The summed E-state index contributed by atoms with van der Waals surface area (Å²) in [6, 6.07) is 15.0. The van der Waals surface area contributed by atoms with Gasteiger partial charge in [0.1, 0.15) is 11.8 Å². The highest BCUT2D eigenvalue weighted by Gasteiger charge is 2.25. The Kier molecular flexibility index (Phi) is 8.26. The lowest BCUT2D eigenvalue weighted by Crippen LogP contribution is -2.37. The van der Waals surface area contributed by atoms with Crippen LogP contribution in [0.3, 0.4) is 0 Å². The first-order valence-electron chi connectivity index (χ1n) is 11.4. The van der Waals surface area contributed by atoms with Gasteiger partial charge in [-0.1, -0.05) is 61.2 Å². The van der Waals surface area contributed by atoms with Crippen LogP contribution in [0.25, 0.3) is 0 Å². The Balaban J connectivity index is 1.74. The van der Waals surface area contributed by atoms with Crippen molar-refractivity contribution in [1.29, 1.82) is 0 Å². The van der Waals surface area contributed by atoms with Crippen LogP contribution in [-0.2, 0) is 20.7 Å². The third-order valence-corrected chi connectivity index (χ3v) is 8.16. The van der Waals surface area contributed by atoms with Gasteiger partial charge in [-0.3, -0.25) is 9.59 Å². The van der Waals surface area contributed by atoms with Crippen LogP contribution in [0.4, 0.5) is 0 Å². The van der Waals surface area contributed by atoms with E-state index in [0.717, 1.165) is 29.7 Å². The second-order valence-electron chi connectivity index (χ2n) is 9.62. The molecule has 1 amide bonds. The van der Waals surface area contributed by atoms with E-state index < -0.39 is 14.1 Å². The Labute approximate surface area is 192 Å². The zero-order valence-corrected chi connectivity index (χ0v) is 20.6. The number of amides is 1. The van der Waals surface area contributed by atoms with E-state index >= 15 is 0 Å². The van der Waals surface area contributed by atoms with Crippen LogP contribution in [-0.4, -0.2) is 40.1 Å². The Morgan fingerprint density at radius 1 is 1.03 bits per heavy atom. The van der Waals surface area contributed by atoms with Crippen molar-refractivity contribution in [1.82, 2.24) is 5.32 Å². The smallest absolute Gasteiger partial charge is 0.221 e. The molecule has 172 valence electrons. The van der Waals surface area contributed by atoms with Crippen molar-refractivity contribution in [3.05, 3.63) is 59.7 Å². The molecule has 32 heavy (non-hydrogen) atoms. The summed E-state index contributed by atoms with van der Waals surface area (Å²) in [5.74, 6) is 0.927. The zero-order valence-electron chi connectivity index (χ0n) is 19.6. The molecular weight excluding hydrogens is 418 g/mol. The van der Waals surface area contributed by atoms with Crippen LogP contribution in [0.5, 0.6) is 5.75 Å². The van der Waals surface area contributed by atoms with E-state index in [1.165, 1.54) is 5.19 Å². The number of carbonyl (C=O) groups excluding carboxylic acids is 2. The number of Topliss-reactive ketones (excluding diaryl/α,β-unsaturated/α-hetero) is 1. The van der Waals surface area contributed by atoms with Gasteiger partial charge in [0, 0.05) is 26.1 Å². The zero-order chi connectivity index (χ0) is 23.1. The molecule has 1 atom stereocenters. The summed E-state index contributed by atoms with van der Waals surface area (Å²) in [5.41, 5.74) is 1.74. The molecule has 0 saturated carbocycles. The minimum atomic E-state index is -1.39. The molecule has 0 bridgehead atoms. The topological polar surface area (TPSA) is 64.6 Å². The molecule has 1 aliphatic heterocycles. The molecule has 1 saturated heterocycles. The molecule has 0 aromatic heterocycles. The Morgan fingerprint density at radius 3 is 2.22 bits per heavy atom. The number of ether oxygens (including phenoxy) is 2. The molecule has 0 aliphatic carbocycles. The molecule has 1 heterocycles. The minimum absolute atomic E-state index is 0.0174. The molecule has 1 N–H and O–H groups in total. The number of nitrogens with one attached hydrogen (secondary N) is 1. The number of hydrogen-bond acceptors (Lipinski definition) is 4. The fourth-order valence-corrected chi connectivity index (χ4v) is 5.17. The molecule has 2 aromatic rings. The van der Waals surface area contributed by atoms with Crippen LogP contribution in [0.15, 0.2) is 48.5 Å². The van der Waals surface area contributed by atoms with E-state index in [1.54, 1.807) is 7.11 Å². The van der Waals surface area contributed by atoms with Gasteiger partial charge in [-0.05, 0) is 42.0 Å². The highest BCUT2D eigenvalue weighted by Crippen LogP contribution is 2.23. The van der Waals surface area contributed by atoms with Gasteiger partial charge in [0.25, 0.3) is 0 Å². The summed E-state index contributed by atoms with van der Waals surface area (Å²) in [5, 5.41) is 4.38. The van der Waals surface area contributed by atoms with E-state index in [1.807, 2.05) is 36.4 Å². The quantitative estimate of drug-likeness (QED) is 0.583. The summed E-state index contributed by atoms with van der Waals surface area (Å²) in [6.45, 7) is 8.32. The SMILES string of the molecule is COc1ccc(C(NC(=O)CC2CCOCC2)C(=O)Cc2ccc([Si](C)(C)C)cc2)cc1. The standard InChI is InChI=1S/C26H35NO4Si/c1-30-22-9-7-21(8-10-22)26(27-25(29)18-20-13-15-31-16-14-20)24(28)17-19-5-11-23(12-6-19)32(2,3)4/h5-12,20,26H,13-18H2,1-4H3,(H,27,29). The van der Waals surface area contributed by atoms with Gasteiger partial charge < -0.3 is 14.8 Å². The van der Waals surface area contributed by atoms with Gasteiger partial charge in [-0.15, -0.1) is 0 Å². The fraction of sp³-hybridized carbons (Fsp3) is 0.462. The predicted molar refractivity (Wildman–Crippen MR) is 130 cm³/mol. The molecule has 2 aromatic carbocycles. The van der Waals surface area contributed by atoms with Crippen molar-refractivity contribution in [3.8, 4) is 5.75 Å². The third kappa shape index (κ3) is 6.78. The van der Waals surface area contributed by atoms with Crippen molar-refractivity contribution in [2.24, 2.45) is 5.92 Å². The molecule has 1 unspecified atom stereocenters. The summed E-state index contributed by atoms with van der Waals surface area (Å²) in [4.78, 5) is 26.1. The van der Waals surface area contributed by atoms with Crippen LogP contribution in [0.2, 0.25) is 19.6 Å². The van der Waals surface area contributed by atoms with Crippen LogP contribution >= 0.6 is 0 Å². The summed E-state index contributed by atoms with van der Waals surface area (Å²) < 4.78 is 10.6. The van der Waals surface area contributed by atoms with E-state index in [9.17, 15) is 9.59 Å². The van der Waals surface area contributed by atoms with E-state index in [4.69, 9.17) is 9.47 Å². The van der Waals surface area contributed by atoms with Crippen molar-refractivity contribution in [2.75, 3.05) is 20.3 Å². The third-order valence-electron chi connectivity index (χ3n) is 6.09. The van der Waals surface area contributed by atoms with Gasteiger partial charge >= 0.3 is 0 Å². The first kappa shape index (κ1) is 24.2. The molecule has 1 fully saturated rings. The molecule has 1 aliphatic rings. The van der Waals surface area contributed by atoms with Crippen molar-refractivity contribution < 1.29 is 19.1 Å². The first-order chi connectivity index (χ1) is 15.3. The van der Waals surface area contributed by atoms with E-state index in [-0.39, 0.29) is 18.1 Å². The van der Waals surface area contributed by atoms with Crippen molar-refractivity contribution >= 4 is 25.0 Å². The number of hydrogen-bond donors (Lipinski definition) is 1. The lowest BCUT2D eigenvalue weighted by Gasteiger charge is -2.24. The number of carbonyl (C=O) groups is 2. The highest BCUT2D eigenvalue weighted by molar-refractivity contribution is 6.88. The summed E-state index contributed by atoms with van der Waals surface area (Å²) in [7, 11) is 0.223. The Hall–Kier alpha value is -2.44. The van der Waals surface area contributed by atoms with Gasteiger partial charge in [0.2, 0.25) is 5.91 Å². The molecule has 0 radical (unpaired) electrons. The molecule has 0 spiro atoms. The van der Waals surface area contributed by atoms with Gasteiger partial charge in [-0.25, -0.2) is 0 Å². The van der Waals surface area contributed by atoms with E-state index in [2.05, 4.69) is 37.1 Å². The maximum atomic E-state index is 13.3. The number of methoxy groups -OCH3 is 1. The summed E-state index contributed by atoms with van der Waals surface area (Å²) >= 11 is 0. The average Bonchev–Trinajstić information content (AvgIpc) is 2.78. The molecular formula is C26H35NO4Si. The lowest BCUT2D eigenvalue weighted by atomic mass is 9.94. The highest BCUT2D eigenvalue weighted by atomic mass is 28.3. The van der Waals surface area contributed by atoms with E-state index in [0.29, 0.717) is 25.6 Å². The second kappa shape index (κ2) is 10.9. The first-order valence-corrected chi connectivity index (χ1v) is 14.9. The minimum Gasteiger partial charge on any atom is -0.497 e. The van der Waals surface area contributed by atoms with Crippen LogP contribution in [0, 0.1) is 5.92 Å². The number of benzene rings is 2.